The van der Waals surface area contributed by atoms with Gasteiger partial charge in [0.05, 0.1) is 6.10 Å². The summed E-state index contributed by atoms with van der Waals surface area (Å²) in [6.45, 7) is 11.6. The van der Waals surface area contributed by atoms with Crippen LogP contribution in [0.4, 0.5) is 0 Å². The van der Waals surface area contributed by atoms with Gasteiger partial charge in [-0.05, 0) is 44.9 Å². The predicted octanol–water partition coefficient (Wildman–Crippen LogP) is 3.50. The first-order valence-electron chi connectivity index (χ1n) is 9.72. The third-order valence-electron chi connectivity index (χ3n) is 4.94. The Morgan fingerprint density at radius 3 is 2.00 bits per heavy atom. The summed E-state index contributed by atoms with van der Waals surface area (Å²) in [4.78, 5) is 23.6. The highest BCUT2D eigenvalue weighted by Gasteiger charge is 2.31. The lowest BCUT2D eigenvalue weighted by molar-refractivity contribution is -0.130. The highest BCUT2D eigenvalue weighted by Crippen LogP contribution is 2.29. The fraction of sp³-hybridized carbons (Fsp3) is 0.850. The Balaban J connectivity index is 0. The lowest BCUT2D eigenvalue weighted by Crippen LogP contribution is -2.36. The number of carbonyl (C=O) groups is 2. The number of aliphatic hydroxyl groups excluding tert-OH is 1. The van der Waals surface area contributed by atoms with Crippen molar-refractivity contribution in [3.63, 3.8) is 0 Å². The van der Waals surface area contributed by atoms with Crippen LogP contribution in [0.25, 0.3) is 0 Å². The number of hydrogen-bond donors (Lipinski definition) is 3. The van der Waals surface area contributed by atoms with Crippen LogP contribution in [-0.4, -0.2) is 30.1 Å². The topological polar surface area (TPSA) is 102 Å². The van der Waals surface area contributed by atoms with E-state index in [1.165, 1.54) is 0 Å². The molecule has 0 aromatic rings. The summed E-state index contributed by atoms with van der Waals surface area (Å²) in [6.07, 6.45) is 6.04. The lowest BCUT2D eigenvalue weighted by atomic mass is 9.80. The van der Waals surface area contributed by atoms with Gasteiger partial charge >= 0.3 is 0 Å². The van der Waals surface area contributed by atoms with Crippen molar-refractivity contribution in [1.82, 2.24) is 10.6 Å². The van der Waals surface area contributed by atoms with Crippen LogP contribution >= 0.6 is 0 Å². The predicted molar refractivity (Wildman–Crippen MR) is 105 cm³/mol. The zero-order valence-electron chi connectivity index (χ0n) is 17.7. The Hall–Kier alpha value is -1.61. The van der Waals surface area contributed by atoms with E-state index >= 15 is 0 Å². The molecule has 0 aromatic heterocycles. The molecular weight excluding hydrogens is 330 g/mol. The second-order valence-corrected chi connectivity index (χ2v) is 7.38. The number of nitrogens with one attached hydrogen (secondary N) is 2. The van der Waals surface area contributed by atoms with Gasteiger partial charge < -0.3 is 10.4 Å². The summed E-state index contributed by atoms with van der Waals surface area (Å²) < 4.78 is 0. The van der Waals surface area contributed by atoms with Crippen molar-refractivity contribution in [3.05, 3.63) is 0 Å². The summed E-state index contributed by atoms with van der Waals surface area (Å²) in [7, 11) is 1.63. The monoisotopic (exact) mass is 369 g/mol. The molecule has 2 unspecified atom stereocenters. The van der Waals surface area contributed by atoms with Crippen LogP contribution in [0, 0.1) is 22.3 Å². The molecule has 0 aliphatic carbocycles. The number of amides is 2. The molecule has 152 valence electrons. The molecule has 0 saturated heterocycles. The quantitative estimate of drug-likeness (QED) is 0.383. The van der Waals surface area contributed by atoms with Crippen molar-refractivity contribution >= 4 is 11.8 Å². The van der Waals surface area contributed by atoms with Crippen LogP contribution < -0.4 is 10.6 Å². The van der Waals surface area contributed by atoms with E-state index in [1.54, 1.807) is 13.2 Å². The maximum Gasteiger partial charge on any atom is 0.238 e. The number of carbonyl (C=O) groups excluding carboxylic acids is 2. The molecule has 0 heterocycles. The van der Waals surface area contributed by atoms with E-state index < -0.39 is 16.9 Å². The van der Waals surface area contributed by atoms with E-state index in [0.717, 1.165) is 19.3 Å². The van der Waals surface area contributed by atoms with Gasteiger partial charge in [0.15, 0.2) is 6.19 Å². The number of hydrogen-bond acceptors (Lipinski definition) is 4. The summed E-state index contributed by atoms with van der Waals surface area (Å²) in [5.41, 5.74) is -0.999. The number of nitrogens with zero attached hydrogens (tertiary/aromatic N) is 1. The fourth-order valence-corrected chi connectivity index (χ4v) is 2.76. The molecule has 0 bridgehead atoms. The van der Waals surface area contributed by atoms with Gasteiger partial charge in [-0.1, -0.05) is 41.5 Å². The molecule has 0 saturated carbocycles. The minimum Gasteiger partial charge on any atom is -0.393 e. The van der Waals surface area contributed by atoms with E-state index in [9.17, 15) is 14.7 Å². The number of aliphatic hydroxyl groups is 1. The molecule has 6 heteroatoms. The molecule has 2 amide bonds. The molecule has 0 rings (SSSR count). The van der Waals surface area contributed by atoms with Crippen LogP contribution in [0.15, 0.2) is 0 Å². The van der Waals surface area contributed by atoms with Gasteiger partial charge in [-0.15, -0.1) is 0 Å². The lowest BCUT2D eigenvalue weighted by Gasteiger charge is -2.26. The fourth-order valence-electron chi connectivity index (χ4n) is 2.76. The molecule has 0 aromatic carbocycles. The van der Waals surface area contributed by atoms with Crippen LogP contribution in [-0.2, 0) is 9.59 Å². The first kappa shape index (κ1) is 26.6. The Morgan fingerprint density at radius 1 is 1.08 bits per heavy atom. The van der Waals surface area contributed by atoms with Crippen molar-refractivity contribution in [3.8, 4) is 6.19 Å². The molecule has 0 spiro atoms. The third-order valence-corrected chi connectivity index (χ3v) is 4.94. The minimum atomic E-state index is -0.573. The molecule has 26 heavy (non-hydrogen) atoms. The molecule has 0 fully saturated rings. The van der Waals surface area contributed by atoms with Crippen LogP contribution in [0.3, 0.4) is 0 Å². The third kappa shape index (κ3) is 9.76. The first-order chi connectivity index (χ1) is 12.1. The Bertz CT molecular complexity index is 458. The highest BCUT2D eigenvalue weighted by molar-refractivity contribution is 5.83. The van der Waals surface area contributed by atoms with Gasteiger partial charge in [0.2, 0.25) is 11.8 Å². The molecule has 0 aliphatic rings. The Kier molecular flexibility index (Phi) is 13.9. The van der Waals surface area contributed by atoms with Crippen molar-refractivity contribution in [2.75, 3.05) is 7.05 Å². The minimum absolute atomic E-state index is 0.0132. The summed E-state index contributed by atoms with van der Waals surface area (Å²) in [5.74, 6) is -0.242. The number of nitriles is 1. The zero-order chi connectivity index (χ0) is 20.8. The van der Waals surface area contributed by atoms with Crippen molar-refractivity contribution in [2.24, 2.45) is 10.8 Å². The van der Waals surface area contributed by atoms with E-state index in [1.807, 2.05) is 41.5 Å². The maximum atomic E-state index is 11.9. The van der Waals surface area contributed by atoms with Gasteiger partial charge in [-0.3, -0.25) is 14.9 Å². The summed E-state index contributed by atoms with van der Waals surface area (Å²) >= 11 is 0. The normalized spacial score (nSPS) is 14.1. The summed E-state index contributed by atoms with van der Waals surface area (Å²) in [6, 6.07) is 0. The number of rotatable bonds is 11. The van der Waals surface area contributed by atoms with Crippen LogP contribution in [0.5, 0.6) is 0 Å². The maximum absolute atomic E-state index is 11.9. The standard InChI is InChI=1S/C18H33N3O3.C2H6/c1-6-18(4,16(24)21-13-19)12-8-10-14(22)9-7-11-17(2,3)15(23)20-5;1-2/h14,22H,6-12H2,1-5H3,(H,20,23)(H,21,24);1-2H3. The van der Waals surface area contributed by atoms with Crippen molar-refractivity contribution < 1.29 is 14.7 Å². The SMILES string of the molecule is CC.CCC(C)(CCCC(O)CCCC(C)(C)C(=O)NC)C(=O)NC#N. The van der Waals surface area contributed by atoms with Gasteiger partial charge in [0.25, 0.3) is 0 Å². The van der Waals surface area contributed by atoms with E-state index in [-0.39, 0.29) is 11.8 Å². The van der Waals surface area contributed by atoms with Gasteiger partial charge in [0, 0.05) is 17.9 Å². The molecule has 3 N–H and O–H groups in total. The largest absolute Gasteiger partial charge is 0.393 e. The van der Waals surface area contributed by atoms with Crippen LogP contribution in [0.1, 0.15) is 86.5 Å². The molecule has 6 nitrogen and oxygen atoms in total. The molecular formula is C20H39N3O3. The average Bonchev–Trinajstić information content (AvgIpc) is 2.62. The second kappa shape index (κ2) is 13.6. The molecule has 2 atom stereocenters. The van der Waals surface area contributed by atoms with Crippen molar-refractivity contribution in [1.29, 1.82) is 5.26 Å². The zero-order valence-corrected chi connectivity index (χ0v) is 17.7. The Labute approximate surface area is 159 Å². The Morgan fingerprint density at radius 2 is 1.58 bits per heavy atom. The van der Waals surface area contributed by atoms with Crippen molar-refractivity contribution in [2.45, 2.75) is 92.6 Å². The van der Waals surface area contributed by atoms with E-state index in [2.05, 4.69) is 10.6 Å². The molecule has 0 radical (unpaired) electrons. The average molecular weight is 370 g/mol. The van der Waals surface area contributed by atoms with Gasteiger partial charge in [-0.25, -0.2) is 0 Å². The van der Waals surface area contributed by atoms with Crippen LogP contribution in [0.2, 0.25) is 0 Å². The highest BCUT2D eigenvalue weighted by atomic mass is 16.3. The smallest absolute Gasteiger partial charge is 0.238 e. The second-order valence-electron chi connectivity index (χ2n) is 7.38. The van der Waals surface area contributed by atoms with E-state index in [0.29, 0.717) is 25.7 Å². The van der Waals surface area contributed by atoms with Gasteiger partial charge in [0.1, 0.15) is 0 Å². The summed E-state index contributed by atoms with van der Waals surface area (Å²) in [5, 5.41) is 23.5. The molecule has 0 aliphatic heterocycles. The first-order valence-corrected chi connectivity index (χ1v) is 9.72. The van der Waals surface area contributed by atoms with Gasteiger partial charge in [-0.2, -0.15) is 5.26 Å². The van der Waals surface area contributed by atoms with E-state index in [4.69, 9.17) is 5.26 Å².